The van der Waals surface area contributed by atoms with Crippen LogP contribution in [0.25, 0.3) is 0 Å². The van der Waals surface area contributed by atoms with Gasteiger partial charge in [-0.05, 0) is 55.6 Å². The zero-order valence-electron chi connectivity index (χ0n) is 13.5. The van der Waals surface area contributed by atoms with E-state index in [0.717, 1.165) is 18.9 Å². The molecule has 1 heterocycles. The molecule has 128 valence electrons. The van der Waals surface area contributed by atoms with Crippen LogP contribution >= 0.6 is 15.9 Å². The molecular weight excluding hydrogens is 370 g/mol. The summed E-state index contributed by atoms with van der Waals surface area (Å²) in [4.78, 5) is 13.9. The topological polar surface area (TPSA) is 41.6 Å². The zero-order valence-corrected chi connectivity index (χ0v) is 15.0. The quantitative estimate of drug-likeness (QED) is 0.823. The number of ether oxygens (including phenoxy) is 1. The van der Waals surface area contributed by atoms with E-state index in [0.29, 0.717) is 17.6 Å². The highest BCUT2D eigenvalue weighted by molar-refractivity contribution is 9.10. The van der Waals surface area contributed by atoms with Gasteiger partial charge in [0.05, 0.1) is 11.7 Å². The van der Waals surface area contributed by atoms with Crippen LogP contribution in [0.1, 0.15) is 33.6 Å². The molecule has 0 aliphatic carbocycles. The summed E-state index contributed by atoms with van der Waals surface area (Å²) in [5.74, 6) is -1.31. The van der Waals surface area contributed by atoms with Crippen molar-refractivity contribution in [3.8, 4) is 0 Å². The molecule has 2 rings (SSSR count). The molecule has 0 radical (unpaired) electrons. The van der Waals surface area contributed by atoms with Crippen molar-refractivity contribution in [3.63, 3.8) is 0 Å². The third-order valence-corrected chi connectivity index (χ3v) is 4.15. The summed E-state index contributed by atoms with van der Waals surface area (Å²) in [6.07, 6.45) is 1.33. The van der Waals surface area contributed by atoms with Gasteiger partial charge in [-0.1, -0.05) is 0 Å². The van der Waals surface area contributed by atoms with Crippen LogP contribution in [0, 0.1) is 11.6 Å². The number of likely N-dealkylation sites (tertiary alicyclic amines) is 1. The van der Waals surface area contributed by atoms with Gasteiger partial charge < -0.3 is 15.0 Å². The standard InChI is InChI=1S/C16H21BrF2N2O2/c1-16(2,3)23-15(22)21-6-4-5-11(21)9-20-14-12(17)7-10(18)8-13(14)19/h7-8,11,20H,4-6,9H2,1-3H3. The molecule has 1 N–H and O–H groups in total. The maximum atomic E-state index is 13.8. The van der Waals surface area contributed by atoms with E-state index in [1.54, 1.807) is 4.90 Å². The Kier molecular flexibility index (Phi) is 5.49. The van der Waals surface area contributed by atoms with E-state index in [4.69, 9.17) is 4.74 Å². The van der Waals surface area contributed by atoms with E-state index in [1.165, 1.54) is 6.07 Å². The minimum absolute atomic E-state index is 0.0822. The minimum atomic E-state index is -0.668. The molecule has 0 aromatic heterocycles. The summed E-state index contributed by atoms with van der Waals surface area (Å²) < 4.78 is 32.6. The average Bonchev–Trinajstić information content (AvgIpc) is 2.83. The molecule has 1 aliphatic heterocycles. The van der Waals surface area contributed by atoms with Gasteiger partial charge in [0.1, 0.15) is 17.2 Å². The molecule has 1 aromatic carbocycles. The lowest BCUT2D eigenvalue weighted by atomic mass is 10.2. The maximum absolute atomic E-state index is 13.8. The van der Waals surface area contributed by atoms with Gasteiger partial charge in [-0.2, -0.15) is 0 Å². The van der Waals surface area contributed by atoms with Crippen LogP contribution in [0.4, 0.5) is 19.3 Å². The van der Waals surface area contributed by atoms with Crippen LogP contribution in [-0.4, -0.2) is 35.7 Å². The predicted octanol–water partition coefficient (Wildman–Crippen LogP) is 4.54. The lowest BCUT2D eigenvalue weighted by molar-refractivity contribution is 0.0235. The lowest BCUT2D eigenvalue weighted by Gasteiger charge is -2.29. The normalized spacial score (nSPS) is 18.2. The van der Waals surface area contributed by atoms with Gasteiger partial charge >= 0.3 is 6.09 Å². The molecule has 0 spiro atoms. The summed E-state index contributed by atoms with van der Waals surface area (Å²) in [6, 6.07) is 1.94. The van der Waals surface area contributed by atoms with E-state index in [1.807, 2.05) is 20.8 Å². The van der Waals surface area contributed by atoms with Crippen LogP contribution in [0.5, 0.6) is 0 Å². The van der Waals surface area contributed by atoms with Gasteiger partial charge in [-0.3, -0.25) is 0 Å². The van der Waals surface area contributed by atoms with Gasteiger partial charge in [-0.15, -0.1) is 0 Å². The number of nitrogens with zero attached hydrogens (tertiary/aromatic N) is 1. The number of carbonyl (C=O) groups is 1. The Balaban J connectivity index is 2.01. The summed E-state index contributed by atoms with van der Waals surface area (Å²) in [7, 11) is 0. The van der Waals surface area contributed by atoms with Gasteiger partial charge in [0.15, 0.2) is 0 Å². The van der Waals surface area contributed by atoms with Crippen LogP contribution in [-0.2, 0) is 4.74 Å². The second kappa shape index (κ2) is 7.03. The monoisotopic (exact) mass is 390 g/mol. The molecule has 7 heteroatoms. The number of carbonyl (C=O) groups excluding carboxylic acids is 1. The average molecular weight is 391 g/mol. The Hall–Kier alpha value is -1.37. The number of hydrogen-bond donors (Lipinski definition) is 1. The first-order chi connectivity index (χ1) is 10.7. The van der Waals surface area contributed by atoms with Crippen molar-refractivity contribution in [2.24, 2.45) is 0 Å². The van der Waals surface area contributed by atoms with E-state index >= 15 is 0 Å². The highest BCUT2D eigenvalue weighted by atomic mass is 79.9. The number of rotatable bonds is 3. The van der Waals surface area contributed by atoms with Crippen LogP contribution in [0.3, 0.4) is 0 Å². The summed E-state index contributed by atoms with van der Waals surface area (Å²) in [5.41, 5.74) is -0.355. The third kappa shape index (κ3) is 4.80. The number of amides is 1. The SMILES string of the molecule is CC(C)(C)OC(=O)N1CCCC1CNc1c(F)cc(F)cc1Br. The smallest absolute Gasteiger partial charge is 0.410 e. The van der Waals surface area contributed by atoms with E-state index in [9.17, 15) is 13.6 Å². The fourth-order valence-corrected chi connectivity index (χ4v) is 3.09. The second-order valence-electron chi connectivity index (χ2n) is 6.60. The molecule has 1 amide bonds. The van der Waals surface area contributed by atoms with Crippen molar-refractivity contribution in [2.45, 2.75) is 45.3 Å². The first kappa shape index (κ1) is 18.0. The number of anilines is 1. The van der Waals surface area contributed by atoms with Gasteiger partial charge in [0.25, 0.3) is 0 Å². The Morgan fingerprint density at radius 1 is 1.43 bits per heavy atom. The summed E-state index contributed by atoms with van der Waals surface area (Å²) >= 11 is 3.14. The number of benzene rings is 1. The molecule has 1 saturated heterocycles. The van der Waals surface area contributed by atoms with E-state index in [2.05, 4.69) is 21.2 Å². The van der Waals surface area contributed by atoms with Crippen LogP contribution in [0.2, 0.25) is 0 Å². The molecule has 23 heavy (non-hydrogen) atoms. The predicted molar refractivity (Wildman–Crippen MR) is 88.5 cm³/mol. The minimum Gasteiger partial charge on any atom is -0.444 e. The van der Waals surface area contributed by atoms with Crippen molar-refractivity contribution in [1.29, 1.82) is 0 Å². The van der Waals surface area contributed by atoms with Crippen molar-refractivity contribution in [1.82, 2.24) is 4.90 Å². The third-order valence-electron chi connectivity index (χ3n) is 3.53. The molecule has 1 atom stereocenters. The fraction of sp³-hybridized carbons (Fsp3) is 0.562. The fourth-order valence-electron chi connectivity index (χ4n) is 2.54. The molecule has 4 nitrogen and oxygen atoms in total. The van der Waals surface area contributed by atoms with Crippen molar-refractivity contribution in [3.05, 3.63) is 28.2 Å². The molecule has 1 aromatic rings. The van der Waals surface area contributed by atoms with E-state index < -0.39 is 17.2 Å². The Bertz CT molecular complexity index is 567. The van der Waals surface area contributed by atoms with Gasteiger partial charge in [0, 0.05) is 23.6 Å². The highest BCUT2D eigenvalue weighted by Crippen LogP contribution is 2.28. The Morgan fingerprint density at radius 3 is 2.74 bits per heavy atom. The van der Waals surface area contributed by atoms with Crippen molar-refractivity contribution < 1.29 is 18.3 Å². The number of nitrogens with one attached hydrogen (secondary N) is 1. The number of halogens is 3. The van der Waals surface area contributed by atoms with Crippen molar-refractivity contribution >= 4 is 27.7 Å². The van der Waals surface area contributed by atoms with Gasteiger partial charge in [0.2, 0.25) is 0 Å². The lowest BCUT2D eigenvalue weighted by Crippen LogP contribution is -2.42. The highest BCUT2D eigenvalue weighted by Gasteiger charge is 2.32. The van der Waals surface area contributed by atoms with Gasteiger partial charge in [-0.25, -0.2) is 13.6 Å². The Labute approximate surface area is 143 Å². The Morgan fingerprint density at radius 2 is 2.13 bits per heavy atom. The molecule has 0 bridgehead atoms. The summed E-state index contributed by atoms with van der Waals surface area (Å²) in [5, 5.41) is 2.96. The summed E-state index contributed by atoms with van der Waals surface area (Å²) in [6.45, 7) is 6.45. The molecule has 1 unspecified atom stereocenters. The first-order valence-electron chi connectivity index (χ1n) is 7.55. The van der Waals surface area contributed by atoms with Crippen LogP contribution in [0.15, 0.2) is 16.6 Å². The first-order valence-corrected chi connectivity index (χ1v) is 8.35. The maximum Gasteiger partial charge on any atom is 0.410 e. The van der Waals surface area contributed by atoms with Crippen molar-refractivity contribution in [2.75, 3.05) is 18.4 Å². The largest absolute Gasteiger partial charge is 0.444 e. The number of hydrogen-bond acceptors (Lipinski definition) is 3. The molecular formula is C16H21BrF2N2O2. The second-order valence-corrected chi connectivity index (χ2v) is 7.45. The zero-order chi connectivity index (χ0) is 17.2. The molecule has 0 saturated carbocycles. The van der Waals surface area contributed by atoms with E-state index in [-0.39, 0.29) is 17.8 Å². The van der Waals surface area contributed by atoms with Crippen LogP contribution < -0.4 is 5.32 Å². The molecule has 1 aliphatic rings. The molecule has 1 fully saturated rings.